The largest absolute Gasteiger partial charge is 0.481 e. The van der Waals surface area contributed by atoms with E-state index in [9.17, 15) is 18.0 Å². The number of halogens is 3. The molecule has 0 aromatic rings. The smallest absolute Gasteiger partial charge is 0.403 e. The second-order valence-electron chi connectivity index (χ2n) is 2.81. The van der Waals surface area contributed by atoms with Crippen LogP contribution >= 0.6 is 0 Å². The second kappa shape index (κ2) is 4.45. The van der Waals surface area contributed by atoms with Gasteiger partial charge < -0.3 is 10.8 Å². The number of nitrogens with two attached hydrogens (primary N) is 1. The van der Waals surface area contributed by atoms with Gasteiger partial charge in [0.05, 0.1) is 0 Å². The minimum Gasteiger partial charge on any atom is -0.481 e. The number of carbonyl (C=O) groups is 1. The summed E-state index contributed by atoms with van der Waals surface area (Å²) in [5, 5.41) is 8.31. The zero-order chi connectivity index (χ0) is 10.6. The molecule has 0 radical (unpaired) electrons. The third-order valence-electron chi connectivity index (χ3n) is 1.67. The predicted octanol–water partition coefficient (Wildman–Crippen LogP) is 1.38. The van der Waals surface area contributed by atoms with Gasteiger partial charge in [-0.3, -0.25) is 4.79 Å². The summed E-state index contributed by atoms with van der Waals surface area (Å²) in [4.78, 5) is 10.3. The predicted molar refractivity (Wildman–Crippen MR) is 40.1 cm³/mol. The van der Waals surface area contributed by atoms with Crippen molar-refractivity contribution in [3.63, 3.8) is 0 Å². The highest BCUT2D eigenvalue weighted by Gasteiger charge is 2.48. The third-order valence-corrected chi connectivity index (χ3v) is 1.67. The molecule has 0 rings (SSSR count). The highest BCUT2D eigenvalue weighted by Crippen LogP contribution is 2.29. The van der Waals surface area contributed by atoms with Crippen LogP contribution in [0.2, 0.25) is 0 Å². The van der Waals surface area contributed by atoms with Crippen molar-refractivity contribution in [1.29, 1.82) is 0 Å². The molecule has 0 saturated carbocycles. The molecule has 0 aromatic carbocycles. The van der Waals surface area contributed by atoms with Crippen molar-refractivity contribution in [2.24, 2.45) is 11.7 Å². The summed E-state index contributed by atoms with van der Waals surface area (Å²) in [6.07, 6.45) is -4.28. The quantitative estimate of drug-likeness (QED) is 0.718. The molecule has 0 unspecified atom stereocenters. The summed E-state index contributed by atoms with van der Waals surface area (Å²) in [6.45, 7) is 1.65. The SMILES string of the molecule is CCC[C@@H](N)[C@H](C(=O)O)C(F)(F)F. The molecular formula is C7H12F3NO2. The molecule has 0 bridgehead atoms. The van der Waals surface area contributed by atoms with Crippen LogP contribution in [0.4, 0.5) is 13.2 Å². The Morgan fingerprint density at radius 1 is 1.54 bits per heavy atom. The Labute approximate surface area is 73.7 Å². The molecule has 0 amide bonds. The average Bonchev–Trinajstić information content (AvgIpc) is 1.82. The van der Waals surface area contributed by atoms with E-state index in [1.807, 2.05) is 0 Å². The first kappa shape index (κ1) is 12.2. The first-order valence-corrected chi connectivity index (χ1v) is 3.85. The molecule has 0 aliphatic rings. The lowest BCUT2D eigenvalue weighted by Crippen LogP contribution is -2.44. The Kier molecular flexibility index (Phi) is 4.19. The van der Waals surface area contributed by atoms with Crippen molar-refractivity contribution < 1.29 is 23.1 Å². The Bertz CT molecular complexity index is 181. The van der Waals surface area contributed by atoms with E-state index in [1.165, 1.54) is 0 Å². The van der Waals surface area contributed by atoms with E-state index in [0.717, 1.165) is 0 Å². The minimum absolute atomic E-state index is 0.0521. The van der Waals surface area contributed by atoms with Gasteiger partial charge in [0, 0.05) is 6.04 Å². The third kappa shape index (κ3) is 3.63. The number of alkyl halides is 3. The maximum Gasteiger partial charge on any atom is 0.403 e. The molecule has 3 N–H and O–H groups in total. The van der Waals surface area contributed by atoms with Crippen LogP contribution in [0.25, 0.3) is 0 Å². The van der Waals surface area contributed by atoms with Crippen molar-refractivity contribution in [3.05, 3.63) is 0 Å². The van der Waals surface area contributed by atoms with Gasteiger partial charge in [-0.2, -0.15) is 13.2 Å². The van der Waals surface area contributed by atoms with Crippen molar-refractivity contribution in [2.75, 3.05) is 0 Å². The van der Waals surface area contributed by atoms with Crippen LogP contribution in [0.5, 0.6) is 0 Å². The van der Waals surface area contributed by atoms with E-state index < -0.39 is 24.1 Å². The molecule has 0 aromatic heterocycles. The zero-order valence-corrected chi connectivity index (χ0v) is 7.14. The fourth-order valence-electron chi connectivity index (χ4n) is 1.07. The van der Waals surface area contributed by atoms with E-state index in [1.54, 1.807) is 6.92 Å². The molecule has 78 valence electrons. The monoisotopic (exact) mass is 199 g/mol. The Hall–Kier alpha value is -0.780. The standard InChI is InChI=1S/C7H12F3NO2/c1-2-3-4(11)5(6(12)13)7(8,9)10/h4-5H,2-3,11H2,1H3,(H,12,13)/t4-,5-/m1/s1. The molecule has 0 heterocycles. The van der Waals surface area contributed by atoms with Gasteiger partial charge in [-0.05, 0) is 6.42 Å². The van der Waals surface area contributed by atoms with Crippen molar-refractivity contribution in [1.82, 2.24) is 0 Å². The van der Waals surface area contributed by atoms with Crippen LogP contribution in [0.15, 0.2) is 0 Å². The summed E-state index contributed by atoms with van der Waals surface area (Å²) in [5.74, 6) is -4.36. The van der Waals surface area contributed by atoms with Gasteiger partial charge in [0.2, 0.25) is 0 Å². The van der Waals surface area contributed by atoms with E-state index in [-0.39, 0.29) is 6.42 Å². The van der Waals surface area contributed by atoms with E-state index in [2.05, 4.69) is 0 Å². The summed E-state index contributed by atoms with van der Waals surface area (Å²) in [6, 6.07) is -1.36. The van der Waals surface area contributed by atoms with Crippen LogP contribution in [0.3, 0.4) is 0 Å². The molecule has 0 spiro atoms. The molecule has 2 atom stereocenters. The first-order valence-electron chi connectivity index (χ1n) is 3.85. The number of carboxylic acids is 1. The lowest BCUT2D eigenvalue weighted by atomic mass is 9.96. The van der Waals surface area contributed by atoms with Crippen molar-refractivity contribution in [2.45, 2.75) is 32.0 Å². The topological polar surface area (TPSA) is 63.3 Å². The molecule has 0 aliphatic carbocycles. The molecular weight excluding hydrogens is 187 g/mol. The molecule has 13 heavy (non-hydrogen) atoms. The van der Waals surface area contributed by atoms with Gasteiger partial charge in [-0.25, -0.2) is 0 Å². The minimum atomic E-state index is -4.76. The lowest BCUT2D eigenvalue weighted by Gasteiger charge is -2.21. The Morgan fingerprint density at radius 3 is 2.23 bits per heavy atom. The highest BCUT2D eigenvalue weighted by atomic mass is 19.4. The molecule has 6 heteroatoms. The van der Waals surface area contributed by atoms with Crippen molar-refractivity contribution in [3.8, 4) is 0 Å². The lowest BCUT2D eigenvalue weighted by molar-refractivity contribution is -0.197. The van der Waals surface area contributed by atoms with E-state index in [0.29, 0.717) is 6.42 Å². The fourth-order valence-corrected chi connectivity index (χ4v) is 1.07. The van der Waals surface area contributed by atoms with E-state index in [4.69, 9.17) is 10.8 Å². The number of carboxylic acid groups (broad SMARTS) is 1. The van der Waals surface area contributed by atoms with Gasteiger partial charge in [0.1, 0.15) is 0 Å². The molecule has 0 fully saturated rings. The first-order chi connectivity index (χ1) is 5.80. The summed E-state index contributed by atoms with van der Waals surface area (Å²) >= 11 is 0. The molecule has 0 saturated heterocycles. The molecule has 0 aliphatic heterocycles. The number of aliphatic carboxylic acids is 1. The summed E-state index contributed by atoms with van der Waals surface area (Å²) in [7, 11) is 0. The van der Waals surface area contributed by atoms with Gasteiger partial charge >= 0.3 is 12.1 Å². The zero-order valence-electron chi connectivity index (χ0n) is 7.14. The Morgan fingerprint density at radius 2 is 2.00 bits per heavy atom. The van der Waals surface area contributed by atoms with Crippen LogP contribution in [0, 0.1) is 5.92 Å². The Balaban J connectivity index is 4.52. The maximum absolute atomic E-state index is 12.1. The van der Waals surface area contributed by atoms with Crippen LogP contribution < -0.4 is 5.73 Å². The average molecular weight is 199 g/mol. The highest BCUT2D eigenvalue weighted by molar-refractivity contribution is 5.71. The normalized spacial score (nSPS) is 16.7. The fraction of sp³-hybridized carbons (Fsp3) is 0.857. The van der Waals surface area contributed by atoms with Gasteiger partial charge in [-0.1, -0.05) is 13.3 Å². The van der Waals surface area contributed by atoms with Gasteiger partial charge in [-0.15, -0.1) is 0 Å². The number of hydrogen-bond acceptors (Lipinski definition) is 2. The summed E-state index contributed by atoms with van der Waals surface area (Å²) < 4.78 is 36.3. The van der Waals surface area contributed by atoms with Crippen molar-refractivity contribution >= 4 is 5.97 Å². The van der Waals surface area contributed by atoms with Crippen LogP contribution in [-0.4, -0.2) is 23.3 Å². The maximum atomic E-state index is 12.1. The van der Waals surface area contributed by atoms with Gasteiger partial charge in [0.15, 0.2) is 5.92 Å². The molecule has 3 nitrogen and oxygen atoms in total. The number of hydrogen-bond donors (Lipinski definition) is 2. The second-order valence-corrected chi connectivity index (χ2v) is 2.81. The van der Waals surface area contributed by atoms with Crippen LogP contribution in [-0.2, 0) is 4.79 Å². The van der Waals surface area contributed by atoms with Gasteiger partial charge in [0.25, 0.3) is 0 Å². The van der Waals surface area contributed by atoms with Crippen LogP contribution in [0.1, 0.15) is 19.8 Å². The number of rotatable bonds is 4. The van der Waals surface area contributed by atoms with E-state index >= 15 is 0 Å². The summed E-state index contributed by atoms with van der Waals surface area (Å²) in [5.41, 5.74) is 5.11.